The van der Waals surface area contributed by atoms with Gasteiger partial charge in [-0.05, 0) is 37.1 Å². The van der Waals surface area contributed by atoms with Gasteiger partial charge in [-0.25, -0.2) is 4.98 Å². The number of hydrogen-bond acceptors (Lipinski definition) is 5. The van der Waals surface area contributed by atoms with E-state index in [4.69, 9.17) is 0 Å². The van der Waals surface area contributed by atoms with Gasteiger partial charge in [-0.3, -0.25) is 18.8 Å². The number of carbonyl (C=O) groups is 1. The number of carbonyl (C=O) groups excluding carboxylic acids is 1. The predicted molar refractivity (Wildman–Crippen MR) is 109 cm³/mol. The van der Waals surface area contributed by atoms with E-state index in [0.717, 1.165) is 13.1 Å². The van der Waals surface area contributed by atoms with Crippen LogP contribution in [0.1, 0.15) is 25.7 Å². The van der Waals surface area contributed by atoms with E-state index in [0.29, 0.717) is 16.7 Å². The van der Waals surface area contributed by atoms with E-state index < -0.39 is 0 Å². The minimum absolute atomic E-state index is 0.0927. The van der Waals surface area contributed by atoms with Crippen molar-refractivity contribution in [3.8, 4) is 0 Å². The van der Waals surface area contributed by atoms with Crippen molar-refractivity contribution < 1.29 is 4.79 Å². The highest BCUT2D eigenvalue weighted by molar-refractivity contribution is 5.90. The van der Waals surface area contributed by atoms with E-state index in [1.54, 1.807) is 7.05 Å². The molecule has 1 amide bonds. The molecule has 0 saturated carbocycles. The van der Waals surface area contributed by atoms with E-state index in [9.17, 15) is 9.59 Å². The molecule has 1 N–H and O–H groups in total. The maximum Gasteiger partial charge on any atom is 0.264 e. The number of benzene rings is 1. The number of aromatic nitrogens is 4. The van der Waals surface area contributed by atoms with Gasteiger partial charge in [0.1, 0.15) is 18.3 Å². The van der Waals surface area contributed by atoms with Crippen molar-refractivity contribution in [2.45, 2.75) is 32.2 Å². The third-order valence-electron chi connectivity index (χ3n) is 5.15. The molecule has 3 heterocycles. The second kappa shape index (κ2) is 7.84. The molecule has 0 unspecified atom stereocenters. The Morgan fingerprint density at radius 2 is 1.82 bits per heavy atom. The molecule has 1 aliphatic heterocycles. The summed E-state index contributed by atoms with van der Waals surface area (Å²) in [5.41, 5.74) is 2.13. The van der Waals surface area contributed by atoms with Crippen LogP contribution in [0.3, 0.4) is 0 Å². The van der Waals surface area contributed by atoms with Crippen LogP contribution in [0.15, 0.2) is 41.6 Å². The normalized spacial score (nSPS) is 14.8. The number of nitrogens with zero attached hydrogens (tertiary/aromatic N) is 5. The van der Waals surface area contributed by atoms with Crippen LogP contribution in [0.25, 0.3) is 11.0 Å². The first-order valence-corrected chi connectivity index (χ1v) is 9.64. The number of aryl methyl sites for hydroxylation is 1. The van der Waals surface area contributed by atoms with Crippen molar-refractivity contribution in [3.63, 3.8) is 0 Å². The molecule has 1 aliphatic rings. The van der Waals surface area contributed by atoms with Gasteiger partial charge in [-0.2, -0.15) is 5.10 Å². The molecule has 0 aliphatic carbocycles. The molecule has 1 saturated heterocycles. The zero-order valence-corrected chi connectivity index (χ0v) is 16.0. The number of hydrogen-bond donors (Lipinski definition) is 1. The van der Waals surface area contributed by atoms with Crippen molar-refractivity contribution in [1.29, 1.82) is 0 Å². The summed E-state index contributed by atoms with van der Waals surface area (Å²) in [6.45, 7) is 2.07. The van der Waals surface area contributed by atoms with Gasteiger partial charge in [0.15, 0.2) is 5.65 Å². The fourth-order valence-corrected chi connectivity index (χ4v) is 3.62. The Morgan fingerprint density at radius 1 is 1.11 bits per heavy atom. The van der Waals surface area contributed by atoms with Gasteiger partial charge in [0.05, 0.1) is 6.20 Å². The lowest BCUT2D eigenvalue weighted by Gasteiger charge is -2.22. The van der Waals surface area contributed by atoms with E-state index >= 15 is 0 Å². The number of nitrogens with one attached hydrogen (secondary N) is 1. The smallest absolute Gasteiger partial charge is 0.264 e. The van der Waals surface area contributed by atoms with Crippen molar-refractivity contribution in [2.24, 2.45) is 7.05 Å². The summed E-state index contributed by atoms with van der Waals surface area (Å²) in [7, 11) is 1.72. The first-order chi connectivity index (χ1) is 13.6. The quantitative estimate of drug-likeness (QED) is 0.750. The van der Waals surface area contributed by atoms with Crippen molar-refractivity contribution in [2.75, 3.05) is 23.3 Å². The lowest BCUT2D eigenvalue weighted by molar-refractivity contribution is -0.116. The second-order valence-corrected chi connectivity index (χ2v) is 7.18. The first-order valence-electron chi connectivity index (χ1n) is 9.64. The van der Waals surface area contributed by atoms with Crippen molar-refractivity contribution in [1.82, 2.24) is 19.3 Å². The lowest BCUT2D eigenvalue weighted by Crippen LogP contribution is -2.28. The topological polar surface area (TPSA) is 85.0 Å². The zero-order valence-electron chi connectivity index (χ0n) is 16.0. The molecule has 0 radical (unpaired) electrons. The SMILES string of the molecule is Cn1ncc2c(=O)n(CC(=O)Nc3ccc(N4CCCCCC4)cc3)cnc21. The fourth-order valence-electron chi connectivity index (χ4n) is 3.62. The molecule has 146 valence electrons. The highest BCUT2D eigenvalue weighted by Crippen LogP contribution is 2.21. The number of rotatable bonds is 4. The first kappa shape index (κ1) is 18.2. The summed E-state index contributed by atoms with van der Waals surface area (Å²) in [5, 5.41) is 7.28. The van der Waals surface area contributed by atoms with Gasteiger partial charge >= 0.3 is 0 Å². The Morgan fingerprint density at radius 3 is 2.54 bits per heavy atom. The minimum atomic E-state index is -0.273. The maximum atomic E-state index is 12.5. The average molecular weight is 380 g/mol. The highest BCUT2D eigenvalue weighted by atomic mass is 16.2. The van der Waals surface area contributed by atoms with Gasteiger partial charge in [0.2, 0.25) is 5.91 Å². The van der Waals surface area contributed by atoms with Gasteiger partial charge in [0, 0.05) is 31.5 Å². The zero-order chi connectivity index (χ0) is 19.5. The molecular formula is C20H24N6O2. The van der Waals surface area contributed by atoms with Crippen molar-refractivity contribution >= 4 is 28.3 Å². The van der Waals surface area contributed by atoms with Crippen LogP contribution >= 0.6 is 0 Å². The number of amides is 1. The predicted octanol–water partition coefficient (Wildman–Crippen LogP) is 2.15. The van der Waals surface area contributed by atoms with E-state index in [-0.39, 0.29) is 18.0 Å². The van der Waals surface area contributed by atoms with Gasteiger partial charge in [-0.15, -0.1) is 0 Å². The third kappa shape index (κ3) is 3.76. The molecule has 3 aromatic rings. The molecule has 0 spiro atoms. The standard InChI is InChI=1S/C20H24N6O2/c1-24-19-17(12-22-24)20(28)26(14-21-19)13-18(27)23-15-6-8-16(9-7-15)25-10-4-2-3-5-11-25/h6-9,12,14H,2-5,10-11,13H2,1H3,(H,23,27). The molecule has 8 nitrogen and oxygen atoms in total. The second-order valence-electron chi connectivity index (χ2n) is 7.18. The van der Waals surface area contributed by atoms with Crippen LogP contribution in [0, 0.1) is 0 Å². The van der Waals surface area contributed by atoms with Crippen LogP contribution in [-0.4, -0.2) is 38.3 Å². The van der Waals surface area contributed by atoms with E-state index in [2.05, 4.69) is 20.3 Å². The summed E-state index contributed by atoms with van der Waals surface area (Å²) in [5.74, 6) is -0.269. The largest absolute Gasteiger partial charge is 0.372 e. The van der Waals surface area contributed by atoms with Crippen LogP contribution in [0.2, 0.25) is 0 Å². The van der Waals surface area contributed by atoms with Gasteiger partial charge in [-0.1, -0.05) is 12.8 Å². The maximum absolute atomic E-state index is 12.5. The monoisotopic (exact) mass is 380 g/mol. The molecule has 2 aromatic heterocycles. The summed E-state index contributed by atoms with van der Waals surface area (Å²) < 4.78 is 2.83. The Bertz CT molecular complexity index is 1030. The highest BCUT2D eigenvalue weighted by Gasteiger charge is 2.12. The van der Waals surface area contributed by atoms with Crippen molar-refractivity contribution in [3.05, 3.63) is 47.1 Å². The molecule has 0 bridgehead atoms. The molecule has 1 fully saturated rings. The molecular weight excluding hydrogens is 356 g/mol. The number of fused-ring (bicyclic) bond motifs is 1. The Labute approximate surface area is 162 Å². The molecule has 8 heteroatoms. The lowest BCUT2D eigenvalue weighted by atomic mass is 10.2. The molecule has 28 heavy (non-hydrogen) atoms. The van der Waals surface area contributed by atoms with Crippen LogP contribution in [-0.2, 0) is 18.4 Å². The third-order valence-corrected chi connectivity index (χ3v) is 5.15. The summed E-state index contributed by atoms with van der Waals surface area (Å²) >= 11 is 0. The summed E-state index contributed by atoms with van der Waals surface area (Å²) in [6, 6.07) is 7.89. The fraction of sp³-hybridized carbons (Fsp3) is 0.400. The summed E-state index contributed by atoms with van der Waals surface area (Å²) in [6.07, 6.45) is 7.90. The van der Waals surface area contributed by atoms with E-state index in [1.165, 1.54) is 53.1 Å². The molecule has 4 rings (SSSR count). The van der Waals surface area contributed by atoms with Crippen LogP contribution in [0.4, 0.5) is 11.4 Å². The Kier molecular flexibility index (Phi) is 5.10. The minimum Gasteiger partial charge on any atom is -0.372 e. The molecule has 1 aromatic carbocycles. The number of anilines is 2. The average Bonchev–Trinajstić information content (AvgIpc) is 2.90. The Hall–Kier alpha value is -3.16. The van der Waals surface area contributed by atoms with E-state index in [1.807, 2.05) is 24.3 Å². The van der Waals surface area contributed by atoms with Gasteiger partial charge in [0.25, 0.3) is 5.56 Å². The van der Waals surface area contributed by atoms with Gasteiger partial charge < -0.3 is 10.2 Å². The molecule has 0 atom stereocenters. The Balaban J connectivity index is 1.42. The van der Waals surface area contributed by atoms with Crippen LogP contribution in [0.5, 0.6) is 0 Å². The summed E-state index contributed by atoms with van der Waals surface area (Å²) in [4.78, 5) is 31.4. The van der Waals surface area contributed by atoms with Crippen LogP contribution < -0.4 is 15.8 Å².